The Morgan fingerprint density at radius 2 is 2.05 bits per heavy atom. The molecule has 0 aliphatic rings. The van der Waals surface area contributed by atoms with Gasteiger partial charge in [-0.3, -0.25) is 10.1 Å². The van der Waals surface area contributed by atoms with Gasteiger partial charge in [0.05, 0.1) is 5.69 Å². The SMILES string of the molecule is CC(C)[C@@H](NCc1nc(-c2ccccc2)cs1)C(=O)O. The van der Waals surface area contributed by atoms with E-state index < -0.39 is 12.0 Å². The first-order valence-corrected chi connectivity index (χ1v) is 7.42. The third kappa shape index (κ3) is 3.65. The average molecular weight is 290 g/mol. The van der Waals surface area contributed by atoms with Crippen LogP contribution in [0.15, 0.2) is 35.7 Å². The van der Waals surface area contributed by atoms with Crippen molar-refractivity contribution in [3.63, 3.8) is 0 Å². The summed E-state index contributed by atoms with van der Waals surface area (Å²) in [5.41, 5.74) is 2.01. The van der Waals surface area contributed by atoms with Gasteiger partial charge in [-0.25, -0.2) is 4.98 Å². The predicted octanol–water partition coefficient (Wildman–Crippen LogP) is 3.01. The van der Waals surface area contributed by atoms with Gasteiger partial charge in [-0.2, -0.15) is 0 Å². The molecule has 0 saturated heterocycles. The van der Waals surface area contributed by atoms with Gasteiger partial charge in [-0.05, 0) is 5.92 Å². The van der Waals surface area contributed by atoms with E-state index in [1.54, 1.807) is 11.3 Å². The van der Waals surface area contributed by atoms with Gasteiger partial charge < -0.3 is 5.11 Å². The minimum absolute atomic E-state index is 0.0426. The Morgan fingerprint density at radius 3 is 2.65 bits per heavy atom. The Labute approximate surface area is 122 Å². The highest BCUT2D eigenvalue weighted by Crippen LogP contribution is 2.21. The number of benzene rings is 1. The number of hydrogen-bond acceptors (Lipinski definition) is 4. The zero-order chi connectivity index (χ0) is 14.5. The Hall–Kier alpha value is -1.72. The first-order valence-electron chi connectivity index (χ1n) is 6.54. The number of carboxylic acids is 1. The molecular formula is C15H18N2O2S. The fourth-order valence-corrected chi connectivity index (χ4v) is 2.69. The van der Waals surface area contributed by atoms with Crippen LogP contribution in [-0.2, 0) is 11.3 Å². The summed E-state index contributed by atoms with van der Waals surface area (Å²) in [6, 6.07) is 9.41. The largest absolute Gasteiger partial charge is 0.480 e. The van der Waals surface area contributed by atoms with Crippen LogP contribution in [0.25, 0.3) is 11.3 Å². The highest BCUT2D eigenvalue weighted by atomic mass is 32.1. The molecule has 1 aromatic heterocycles. The molecule has 0 bridgehead atoms. The van der Waals surface area contributed by atoms with Crippen molar-refractivity contribution in [3.05, 3.63) is 40.7 Å². The molecule has 4 nitrogen and oxygen atoms in total. The molecule has 20 heavy (non-hydrogen) atoms. The minimum atomic E-state index is -0.820. The number of nitrogens with zero attached hydrogens (tertiary/aromatic N) is 1. The average Bonchev–Trinajstić information content (AvgIpc) is 2.88. The number of hydrogen-bond donors (Lipinski definition) is 2. The second-order valence-corrected chi connectivity index (χ2v) is 5.88. The van der Waals surface area contributed by atoms with E-state index in [-0.39, 0.29) is 5.92 Å². The lowest BCUT2D eigenvalue weighted by molar-refractivity contribution is -0.140. The molecule has 0 unspecified atom stereocenters. The molecule has 0 amide bonds. The summed E-state index contributed by atoms with van der Waals surface area (Å²) >= 11 is 1.54. The highest BCUT2D eigenvalue weighted by Gasteiger charge is 2.20. The van der Waals surface area contributed by atoms with Crippen LogP contribution in [0.2, 0.25) is 0 Å². The van der Waals surface area contributed by atoms with Crippen molar-refractivity contribution in [1.82, 2.24) is 10.3 Å². The second kappa shape index (κ2) is 6.63. The van der Waals surface area contributed by atoms with E-state index >= 15 is 0 Å². The Bertz CT molecular complexity index is 566. The fraction of sp³-hybridized carbons (Fsp3) is 0.333. The lowest BCUT2D eigenvalue weighted by Gasteiger charge is -2.16. The summed E-state index contributed by atoms with van der Waals surface area (Å²) in [6.45, 7) is 4.26. The quantitative estimate of drug-likeness (QED) is 0.858. The minimum Gasteiger partial charge on any atom is -0.480 e. The lowest BCUT2D eigenvalue weighted by Crippen LogP contribution is -2.40. The second-order valence-electron chi connectivity index (χ2n) is 4.93. The number of carboxylic acid groups (broad SMARTS) is 1. The van der Waals surface area contributed by atoms with E-state index in [1.165, 1.54) is 0 Å². The molecule has 2 aromatic rings. The smallest absolute Gasteiger partial charge is 0.320 e. The molecule has 0 aliphatic heterocycles. The van der Waals surface area contributed by atoms with E-state index in [4.69, 9.17) is 5.11 Å². The molecule has 5 heteroatoms. The normalized spacial score (nSPS) is 12.6. The number of thiazole rings is 1. The maximum Gasteiger partial charge on any atom is 0.320 e. The van der Waals surface area contributed by atoms with Crippen LogP contribution in [0, 0.1) is 5.92 Å². The van der Waals surface area contributed by atoms with Crippen molar-refractivity contribution in [2.75, 3.05) is 0 Å². The number of aromatic nitrogens is 1. The molecule has 2 N–H and O–H groups in total. The third-order valence-electron chi connectivity index (χ3n) is 3.03. The van der Waals surface area contributed by atoms with Crippen molar-refractivity contribution < 1.29 is 9.90 Å². The Balaban J connectivity index is 2.02. The first-order chi connectivity index (χ1) is 9.58. The van der Waals surface area contributed by atoms with Gasteiger partial charge in [0.2, 0.25) is 0 Å². The van der Waals surface area contributed by atoms with E-state index in [2.05, 4.69) is 10.3 Å². The molecule has 2 rings (SSSR count). The van der Waals surface area contributed by atoms with E-state index in [9.17, 15) is 4.79 Å². The standard InChI is InChI=1S/C15H18N2O2S/c1-10(2)14(15(18)19)16-8-13-17-12(9-20-13)11-6-4-3-5-7-11/h3-7,9-10,14,16H,8H2,1-2H3,(H,18,19)/t14-/m1/s1. The van der Waals surface area contributed by atoms with Gasteiger partial charge in [0, 0.05) is 17.5 Å². The van der Waals surface area contributed by atoms with Crippen LogP contribution in [0.3, 0.4) is 0 Å². The van der Waals surface area contributed by atoms with Crippen LogP contribution in [-0.4, -0.2) is 22.1 Å². The molecular weight excluding hydrogens is 272 g/mol. The van der Waals surface area contributed by atoms with Crippen LogP contribution in [0.1, 0.15) is 18.9 Å². The molecule has 1 heterocycles. The van der Waals surface area contributed by atoms with E-state index in [0.717, 1.165) is 16.3 Å². The summed E-state index contributed by atoms with van der Waals surface area (Å²) in [4.78, 5) is 15.6. The van der Waals surface area contributed by atoms with Crippen molar-refractivity contribution in [3.8, 4) is 11.3 Å². The Kier molecular flexibility index (Phi) is 4.87. The highest BCUT2D eigenvalue weighted by molar-refractivity contribution is 7.09. The lowest BCUT2D eigenvalue weighted by atomic mass is 10.1. The molecule has 1 aromatic carbocycles. The molecule has 0 spiro atoms. The van der Waals surface area contributed by atoms with Gasteiger partial charge in [0.15, 0.2) is 0 Å². The van der Waals surface area contributed by atoms with Gasteiger partial charge in [0.1, 0.15) is 11.0 Å². The zero-order valence-corrected chi connectivity index (χ0v) is 12.4. The number of aliphatic carboxylic acids is 1. The Morgan fingerprint density at radius 1 is 1.35 bits per heavy atom. The first kappa shape index (κ1) is 14.7. The van der Waals surface area contributed by atoms with Crippen molar-refractivity contribution in [1.29, 1.82) is 0 Å². The van der Waals surface area contributed by atoms with Crippen molar-refractivity contribution in [2.24, 2.45) is 5.92 Å². The van der Waals surface area contributed by atoms with Gasteiger partial charge in [-0.15, -0.1) is 11.3 Å². The fourth-order valence-electron chi connectivity index (χ4n) is 1.94. The van der Waals surface area contributed by atoms with Crippen LogP contribution in [0.4, 0.5) is 0 Å². The van der Waals surface area contributed by atoms with E-state index in [1.807, 2.05) is 49.6 Å². The molecule has 0 radical (unpaired) electrons. The summed E-state index contributed by atoms with van der Waals surface area (Å²) in [5.74, 6) is -0.777. The van der Waals surface area contributed by atoms with E-state index in [0.29, 0.717) is 6.54 Å². The summed E-state index contributed by atoms with van der Waals surface area (Å²) in [6.07, 6.45) is 0. The molecule has 106 valence electrons. The number of carbonyl (C=O) groups is 1. The predicted molar refractivity (Wildman–Crippen MR) is 80.7 cm³/mol. The zero-order valence-electron chi connectivity index (χ0n) is 11.5. The maximum atomic E-state index is 11.1. The van der Waals surface area contributed by atoms with Crippen LogP contribution >= 0.6 is 11.3 Å². The molecule has 0 fully saturated rings. The summed E-state index contributed by atoms with van der Waals surface area (Å²) in [5, 5.41) is 15.1. The van der Waals surface area contributed by atoms with Gasteiger partial charge >= 0.3 is 5.97 Å². The number of rotatable bonds is 6. The summed E-state index contributed by atoms with van der Waals surface area (Å²) in [7, 11) is 0. The molecule has 0 aliphatic carbocycles. The molecule has 0 saturated carbocycles. The van der Waals surface area contributed by atoms with Crippen molar-refractivity contribution >= 4 is 17.3 Å². The van der Waals surface area contributed by atoms with Crippen molar-refractivity contribution in [2.45, 2.75) is 26.4 Å². The van der Waals surface area contributed by atoms with Crippen LogP contribution < -0.4 is 5.32 Å². The maximum absolute atomic E-state index is 11.1. The summed E-state index contributed by atoms with van der Waals surface area (Å²) < 4.78 is 0. The van der Waals surface area contributed by atoms with Gasteiger partial charge in [0.25, 0.3) is 0 Å². The van der Waals surface area contributed by atoms with Gasteiger partial charge in [-0.1, -0.05) is 44.2 Å². The number of nitrogens with one attached hydrogen (secondary N) is 1. The third-order valence-corrected chi connectivity index (χ3v) is 3.88. The topological polar surface area (TPSA) is 62.2 Å². The van der Waals surface area contributed by atoms with Crippen LogP contribution in [0.5, 0.6) is 0 Å². The molecule has 1 atom stereocenters. The monoisotopic (exact) mass is 290 g/mol.